The van der Waals surface area contributed by atoms with Crippen molar-refractivity contribution in [3.63, 3.8) is 0 Å². The van der Waals surface area contributed by atoms with E-state index in [0.717, 1.165) is 11.5 Å². The highest BCUT2D eigenvalue weighted by atomic mass is 32.2. The van der Waals surface area contributed by atoms with Gasteiger partial charge in [0, 0.05) is 24.1 Å². The fraction of sp³-hybridized carbons (Fsp3) is 1.00. The molecule has 0 aliphatic rings. The van der Waals surface area contributed by atoms with Gasteiger partial charge in [-0.2, -0.15) is 12.6 Å². The van der Waals surface area contributed by atoms with E-state index >= 15 is 0 Å². The third kappa shape index (κ3) is 5.33. The first-order valence-electron chi connectivity index (χ1n) is 4.76. The summed E-state index contributed by atoms with van der Waals surface area (Å²) in [6.45, 7) is 7.97. The zero-order chi connectivity index (χ0) is 9.40. The Morgan fingerprint density at radius 1 is 1.42 bits per heavy atom. The molecule has 0 aromatic carbocycles. The lowest BCUT2D eigenvalue weighted by atomic mass is 10.2. The summed E-state index contributed by atoms with van der Waals surface area (Å²) >= 11 is 6.15. The molecule has 0 aromatic heterocycles. The van der Waals surface area contributed by atoms with Crippen LogP contribution >= 0.6 is 24.6 Å². The molecule has 1 atom stereocenters. The lowest BCUT2D eigenvalue weighted by molar-refractivity contribution is 0.365. The highest BCUT2D eigenvalue weighted by molar-refractivity contribution is 7.97. The molecular weight excluding hydrogens is 186 g/mol. The second-order valence-electron chi connectivity index (χ2n) is 2.95. The fourth-order valence-corrected chi connectivity index (χ4v) is 2.27. The topological polar surface area (TPSA) is 3.24 Å². The van der Waals surface area contributed by atoms with Crippen LogP contribution < -0.4 is 0 Å². The SMILES string of the molecule is CCCN(SCCS)C(C)CC. The van der Waals surface area contributed by atoms with Gasteiger partial charge in [-0.05, 0) is 19.8 Å². The molecule has 1 nitrogen and oxygen atoms in total. The molecule has 0 spiro atoms. The molecule has 0 fully saturated rings. The van der Waals surface area contributed by atoms with Crippen LogP contribution in [0.25, 0.3) is 0 Å². The normalized spacial score (nSPS) is 13.8. The smallest absolute Gasteiger partial charge is 0.0171 e. The molecule has 0 amide bonds. The molecule has 0 bridgehead atoms. The highest BCUT2D eigenvalue weighted by Gasteiger charge is 2.10. The minimum atomic E-state index is 0.704. The predicted molar refractivity (Wildman–Crippen MR) is 63.1 cm³/mol. The molecule has 0 saturated carbocycles. The Bertz CT molecular complexity index is 98.5. The molecule has 1 unspecified atom stereocenters. The van der Waals surface area contributed by atoms with Crippen molar-refractivity contribution in [1.82, 2.24) is 4.31 Å². The van der Waals surface area contributed by atoms with Crippen LogP contribution in [0.3, 0.4) is 0 Å². The van der Waals surface area contributed by atoms with Gasteiger partial charge in [0.2, 0.25) is 0 Å². The zero-order valence-corrected chi connectivity index (χ0v) is 10.1. The minimum Gasteiger partial charge on any atom is -0.248 e. The van der Waals surface area contributed by atoms with Crippen LogP contribution in [0.1, 0.15) is 33.6 Å². The monoisotopic (exact) mass is 207 g/mol. The average molecular weight is 207 g/mol. The summed E-state index contributed by atoms with van der Waals surface area (Å²) < 4.78 is 2.48. The molecule has 0 aliphatic carbocycles. The van der Waals surface area contributed by atoms with E-state index in [0.29, 0.717) is 6.04 Å². The second kappa shape index (κ2) is 8.27. The highest BCUT2D eigenvalue weighted by Crippen LogP contribution is 2.16. The van der Waals surface area contributed by atoms with Gasteiger partial charge in [-0.3, -0.25) is 0 Å². The summed E-state index contributed by atoms with van der Waals surface area (Å²) in [5, 5.41) is 0. The Labute approximate surface area is 86.8 Å². The maximum Gasteiger partial charge on any atom is 0.0171 e. The Hall–Kier alpha value is 0.660. The number of thiol groups is 1. The number of hydrogen-bond acceptors (Lipinski definition) is 3. The van der Waals surface area contributed by atoms with Gasteiger partial charge in [-0.1, -0.05) is 25.8 Å². The van der Waals surface area contributed by atoms with Crippen molar-refractivity contribution in [3.8, 4) is 0 Å². The first-order chi connectivity index (χ1) is 5.76. The molecule has 0 saturated heterocycles. The van der Waals surface area contributed by atoms with Crippen molar-refractivity contribution >= 4 is 24.6 Å². The second-order valence-corrected chi connectivity index (χ2v) is 4.54. The van der Waals surface area contributed by atoms with Crippen molar-refractivity contribution in [1.29, 1.82) is 0 Å². The molecule has 0 N–H and O–H groups in total. The van der Waals surface area contributed by atoms with Crippen molar-refractivity contribution in [3.05, 3.63) is 0 Å². The summed E-state index contributed by atoms with van der Waals surface area (Å²) in [6.07, 6.45) is 2.48. The molecule has 0 heterocycles. The van der Waals surface area contributed by atoms with Crippen LogP contribution in [0.15, 0.2) is 0 Å². The lowest BCUT2D eigenvalue weighted by Crippen LogP contribution is -2.27. The van der Waals surface area contributed by atoms with Gasteiger partial charge in [0.05, 0.1) is 0 Å². The predicted octanol–water partition coefficient (Wildman–Crippen LogP) is 3.07. The van der Waals surface area contributed by atoms with Crippen molar-refractivity contribution in [2.24, 2.45) is 0 Å². The van der Waals surface area contributed by atoms with Crippen LogP contribution in [-0.2, 0) is 0 Å². The van der Waals surface area contributed by atoms with Crippen molar-refractivity contribution in [2.75, 3.05) is 18.1 Å². The van der Waals surface area contributed by atoms with Gasteiger partial charge in [-0.15, -0.1) is 0 Å². The lowest BCUT2D eigenvalue weighted by Gasteiger charge is -2.26. The van der Waals surface area contributed by atoms with E-state index in [1.165, 1.54) is 19.4 Å². The number of rotatable bonds is 7. The average Bonchev–Trinajstić information content (AvgIpc) is 2.11. The van der Waals surface area contributed by atoms with E-state index in [-0.39, 0.29) is 0 Å². The van der Waals surface area contributed by atoms with Crippen LogP contribution in [0.2, 0.25) is 0 Å². The van der Waals surface area contributed by atoms with Gasteiger partial charge < -0.3 is 0 Å². The maximum absolute atomic E-state index is 4.21. The summed E-state index contributed by atoms with van der Waals surface area (Å²) in [5.74, 6) is 2.11. The fourth-order valence-electron chi connectivity index (χ4n) is 0.994. The Morgan fingerprint density at radius 3 is 2.50 bits per heavy atom. The van der Waals surface area contributed by atoms with Gasteiger partial charge in [0.1, 0.15) is 0 Å². The first kappa shape index (κ1) is 12.7. The van der Waals surface area contributed by atoms with Gasteiger partial charge in [-0.25, -0.2) is 4.31 Å². The van der Waals surface area contributed by atoms with E-state index < -0.39 is 0 Å². The molecule has 0 rings (SSSR count). The van der Waals surface area contributed by atoms with Crippen LogP contribution in [0, 0.1) is 0 Å². The quantitative estimate of drug-likeness (QED) is 0.505. The Kier molecular flexibility index (Phi) is 8.72. The van der Waals surface area contributed by atoms with E-state index in [4.69, 9.17) is 0 Å². The van der Waals surface area contributed by atoms with E-state index in [1.54, 1.807) is 0 Å². The molecule has 3 heteroatoms. The maximum atomic E-state index is 4.21. The standard InChI is InChI=1S/C9H21NS2/c1-4-6-10(9(3)5-2)12-8-7-11/h9,11H,4-8H2,1-3H3. The molecule has 74 valence electrons. The summed E-state index contributed by atoms with van der Waals surface area (Å²) in [4.78, 5) is 0. The summed E-state index contributed by atoms with van der Waals surface area (Å²) in [5.41, 5.74) is 0. The van der Waals surface area contributed by atoms with E-state index in [1.807, 2.05) is 11.9 Å². The third-order valence-electron chi connectivity index (χ3n) is 1.87. The van der Waals surface area contributed by atoms with E-state index in [2.05, 4.69) is 37.7 Å². The molecule has 0 radical (unpaired) electrons. The van der Waals surface area contributed by atoms with Crippen LogP contribution in [0.4, 0.5) is 0 Å². The number of nitrogens with zero attached hydrogens (tertiary/aromatic N) is 1. The van der Waals surface area contributed by atoms with Gasteiger partial charge in [0.25, 0.3) is 0 Å². The summed E-state index contributed by atoms with van der Waals surface area (Å²) in [7, 11) is 0. The van der Waals surface area contributed by atoms with Crippen molar-refractivity contribution in [2.45, 2.75) is 39.7 Å². The largest absolute Gasteiger partial charge is 0.248 e. The minimum absolute atomic E-state index is 0.704. The third-order valence-corrected chi connectivity index (χ3v) is 3.66. The Morgan fingerprint density at radius 2 is 2.08 bits per heavy atom. The first-order valence-corrected chi connectivity index (χ1v) is 6.34. The van der Waals surface area contributed by atoms with E-state index in [9.17, 15) is 0 Å². The van der Waals surface area contributed by atoms with Gasteiger partial charge >= 0.3 is 0 Å². The molecular formula is C9H21NS2. The molecule has 0 aromatic rings. The summed E-state index contributed by atoms with van der Waals surface area (Å²) in [6, 6.07) is 0.704. The molecule has 12 heavy (non-hydrogen) atoms. The number of hydrogen-bond donors (Lipinski definition) is 1. The van der Waals surface area contributed by atoms with Gasteiger partial charge in [0.15, 0.2) is 0 Å². The van der Waals surface area contributed by atoms with Crippen molar-refractivity contribution < 1.29 is 0 Å². The Balaban J connectivity index is 3.68. The van der Waals surface area contributed by atoms with Crippen LogP contribution in [0.5, 0.6) is 0 Å². The zero-order valence-electron chi connectivity index (χ0n) is 8.42. The molecule has 0 aliphatic heterocycles. The van der Waals surface area contributed by atoms with Crippen LogP contribution in [-0.4, -0.2) is 28.4 Å².